The van der Waals surface area contributed by atoms with Crippen LogP contribution in [0.5, 0.6) is 0 Å². The van der Waals surface area contributed by atoms with Gasteiger partial charge in [0.15, 0.2) is 0 Å². The first-order chi connectivity index (χ1) is 7.83. The normalized spacial score (nSPS) is 11.7. The Kier molecular flexibility index (Phi) is 4.58. The third kappa shape index (κ3) is 4.04. The second-order valence-electron chi connectivity index (χ2n) is 3.67. The van der Waals surface area contributed by atoms with Gasteiger partial charge in [0.1, 0.15) is 4.99 Å². The highest BCUT2D eigenvalue weighted by atomic mass is 32.2. The smallest absolute Gasteiger partial charge is 0.279 e. The summed E-state index contributed by atoms with van der Waals surface area (Å²) < 4.78 is 26.5. The quantitative estimate of drug-likeness (QED) is 0.752. The van der Waals surface area contributed by atoms with Crippen LogP contribution in [0.25, 0.3) is 0 Å². The van der Waals surface area contributed by atoms with E-state index in [1.165, 1.54) is 14.1 Å². The van der Waals surface area contributed by atoms with Crippen molar-refractivity contribution in [2.24, 2.45) is 5.73 Å². The lowest BCUT2D eigenvalue weighted by Gasteiger charge is -2.12. The summed E-state index contributed by atoms with van der Waals surface area (Å²) in [5, 5.41) is 0. The molecule has 0 saturated heterocycles. The number of benzene rings is 1. The molecule has 0 atom stereocenters. The van der Waals surface area contributed by atoms with Crippen molar-refractivity contribution < 1.29 is 8.42 Å². The third-order valence-corrected chi connectivity index (χ3v) is 3.86. The van der Waals surface area contributed by atoms with Gasteiger partial charge in [0.2, 0.25) is 0 Å². The molecule has 0 heterocycles. The SMILES string of the molecule is CN(C)S(=O)(=O)NCc1cccc(C(N)=S)c1. The molecule has 0 fully saturated rings. The molecule has 3 N–H and O–H groups in total. The van der Waals surface area contributed by atoms with Crippen LogP contribution in [-0.2, 0) is 16.8 Å². The van der Waals surface area contributed by atoms with Crippen molar-refractivity contribution in [1.29, 1.82) is 0 Å². The van der Waals surface area contributed by atoms with Gasteiger partial charge in [0.05, 0.1) is 0 Å². The summed E-state index contributed by atoms with van der Waals surface area (Å²) in [5.74, 6) is 0. The van der Waals surface area contributed by atoms with Crippen LogP contribution < -0.4 is 10.5 Å². The van der Waals surface area contributed by atoms with Gasteiger partial charge < -0.3 is 5.73 Å². The first-order valence-corrected chi connectivity index (χ1v) is 6.73. The van der Waals surface area contributed by atoms with Crippen molar-refractivity contribution >= 4 is 27.4 Å². The number of nitrogens with two attached hydrogens (primary N) is 1. The van der Waals surface area contributed by atoms with Crippen LogP contribution in [0.4, 0.5) is 0 Å². The van der Waals surface area contributed by atoms with Crippen LogP contribution in [0.3, 0.4) is 0 Å². The van der Waals surface area contributed by atoms with Gasteiger partial charge in [-0.3, -0.25) is 0 Å². The summed E-state index contributed by atoms with van der Waals surface area (Å²) in [6.07, 6.45) is 0. The highest BCUT2D eigenvalue weighted by molar-refractivity contribution is 7.87. The molecule has 0 bridgehead atoms. The summed E-state index contributed by atoms with van der Waals surface area (Å²) in [4.78, 5) is 0.294. The van der Waals surface area contributed by atoms with E-state index in [1.807, 2.05) is 0 Å². The van der Waals surface area contributed by atoms with Crippen molar-refractivity contribution in [3.8, 4) is 0 Å². The van der Waals surface area contributed by atoms with Crippen molar-refractivity contribution in [1.82, 2.24) is 9.03 Å². The highest BCUT2D eigenvalue weighted by Crippen LogP contribution is 2.05. The van der Waals surface area contributed by atoms with Gasteiger partial charge in [-0.25, -0.2) is 0 Å². The highest BCUT2D eigenvalue weighted by Gasteiger charge is 2.12. The minimum atomic E-state index is -3.41. The molecule has 17 heavy (non-hydrogen) atoms. The zero-order valence-electron chi connectivity index (χ0n) is 9.67. The molecule has 1 rings (SSSR count). The molecular formula is C10H15N3O2S2. The second kappa shape index (κ2) is 5.54. The molecular weight excluding hydrogens is 258 g/mol. The Morgan fingerprint density at radius 1 is 1.47 bits per heavy atom. The molecule has 0 unspecified atom stereocenters. The molecule has 0 aliphatic carbocycles. The van der Waals surface area contributed by atoms with Gasteiger partial charge in [-0.05, 0) is 11.6 Å². The summed E-state index contributed by atoms with van der Waals surface area (Å²) in [6.45, 7) is 0.205. The van der Waals surface area contributed by atoms with Gasteiger partial charge in [0, 0.05) is 26.2 Å². The molecule has 0 saturated carbocycles. The van der Waals surface area contributed by atoms with Crippen molar-refractivity contribution in [2.45, 2.75) is 6.54 Å². The molecule has 0 aliphatic heterocycles. The average molecular weight is 273 g/mol. The summed E-state index contributed by atoms with van der Waals surface area (Å²) in [7, 11) is -0.478. The Bertz CT molecular complexity index is 512. The van der Waals surface area contributed by atoms with Gasteiger partial charge in [0.25, 0.3) is 10.2 Å². The zero-order valence-corrected chi connectivity index (χ0v) is 11.3. The predicted molar refractivity (Wildman–Crippen MR) is 71.8 cm³/mol. The lowest BCUT2D eigenvalue weighted by atomic mass is 10.1. The molecule has 1 aromatic rings. The van der Waals surface area contributed by atoms with Crippen LogP contribution in [-0.4, -0.2) is 31.8 Å². The summed E-state index contributed by atoms with van der Waals surface area (Å²) in [6, 6.07) is 7.14. The van der Waals surface area contributed by atoms with E-state index >= 15 is 0 Å². The Morgan fingerprint density at radius 2 is 2.12 bits per heavy atom. The van der Waals surface area contributed by atoms with E-state index < -0.39 is 10.2 Å². The molecule has 0 spiro atoms. The van der Waals surface area contributed by atoms with Gasteiger partial charge in [-0.15, -0.1) is 0 Å². The Balaban J connectivity index is 2.77. The zero-order chi connectivity index (χ0) is 13.1. The Morgan fingerprint density at radius 3 is 2.65 bits per heavy atom. The number of rotatable bonds is 5. The van der Waals surface area contributed by atoms with E-state index in [-0.39, 0.29) is 6.54 Å². The number of thiocarbonyl (C=S) groups is 1. The number of hydrogen-bond acceptors (Lipinski definition) is 3. The van der Waals surface area contributed by atoms with Crippen LogP contribution in [0.15, 0.2) is 24.3 Å². The van der Waals surface area contributed by atoms with Crippen molar-refractivity contribution in [2.75, 3.05) is 14.1 Å². The van der Waals surface area contributed by atoms with E-state index in [1.54, 1.807) is 24.3 Å². The fourth-order valence-electron chi connectivity index (χ4n) is 1.14. The van der Waals surface area contributed by atoms with Crippen molar-refractivity contribution in [3.63, 3.8) is 0 Å². The molecule has 0 amide bonds. The van der Waals surface area contributed by atoms with E-state index in [0.29, 0.717) is 4.99 Å². The number of nitrogens with one attached hydrogen (secondary N) is 1. The van der Waals surface area contributed by atoms with Crippen molar-refractivity contribution in [3.05, 3.63) is 35.4 Å². The average Bonchev–Trinajstić information content (AvgIpc) is 2.26. The van der Waals surface area contributed by atoms with Crippen LogP contribution in [0.1, 0.15) is 11.1 Å². The van der Waals surface area contributed by atoms with E-state index in [9.17, 15) is 8.42 Å². The maximum Gasteiger partial charge on any atom is 0.279 e. The third-order valence-electron chi connectivity index (χ3n) is 2.15. The van der Waals surface area contributed by atoms with E-state index in [0.717, 1.165) is 15.4 Å². The molecule has 94 valence electrons. The van der Waals surface area contributed by atoms with Gasteiger partial charge >= 0.3 is 0 Å². The topological polar surface area (TPSA) is 75.4 Å². The maximum absolute atomic E-state index is 11.5. The Labute approximate surface area is 107 Å². The monoisotopic (exact) mass is 273 g/mol. The van der Waals surface area contributed by atoms with Crippen LogP contribution in [0, 0.1) is 0 Å². The van der Waals surface area contributed by atoms with Crippen LogP contribution >= 0.6 is 12.2 Å². The first-order valence-electron chi connectivity index (χ1n) is 4.89. The maximum atomic E-state index is 11.5. The molecule has 0 radical (unpaired) electrons. The van der Waals surface area contributed by atoms with Crippen LogP contribution in [0.2, 0.25) is 0 Å². The number of nitrogens with zero attached hydrogens (tertiary/aromatic N) is 1. The molecule has 0 aliphatic rings. The predicted octanol–water partition coefficient (Wildman–Crippen LogP) is 0.217. The standard InChI is InChI=1S/C10H15N3O2S2/c1-13(2)17(14,15)12-7-8-4-3-5-9(6-8)10(11)16/h3-6,12H,7H2,1-2H3,(H2,11,16). The lowest BCUT2D eigenvalue weighted by molar-refractivity contribution is 0.505. The minimum absolute atomic E-state index is 0.205. The van der Waals surface area contributed by atoms with E-state index in [4.69, 9.17) is 18.0 Å². The fraction of sp³-hybridized carbons (Fsp3) is 0.300. The summed E-state index contributed by atoms with van der Waals surface area (Å²) in [5.41, 5.74) is 7.03. The lowest BCUT2D eigenvalue weighted by Crippen LogP contribution is -2.35. The Hall–Kier alpha value is -1.02. The summed E-state index contributed by atoms with van der Waals surface area (Å²) >= 11 is 4.85. The molecule has 0 aromatic heterocycles. The second-order valence-corrected chi connectivity index (χ2v) is 6.08. The van der Waals surface area contributed by atoms with Gasteiger partial charge in [-0.1, -0.05) is 30.4 Å². The largest absolute Gasteiger partial charge is 0.389 e. The fourth-order valence-corrected chi connectivity index (χ4v) is 1.87. The minimum Gasteiger partial charge on any atom is -0.389 e. The molecule has 1 aromatic carbocycles. The molecule has 7 heteroatoms. The van der Waals surface area contributed by atoms with Gasteiger partial charge in [-0.2, -0.15) is 17.4 Å². The number of hydrogen-bond donors (Lipinski definition) is 2. The first kappa shape index (κ1) is 14.0. The van der Waals surface area contributed by atoms with E-state index in [2.05, 4.69) is 4.72 Å². The molecule has 5 nitrogen and oxygen atoms in total.